The second-order valence-electron chi connectivity index (χ2n) is 7.22. The Bertz CT molecular complexity index is 787. The predicted molar refractivity (Wildman–Crippen MR) is 99.0 cm³/mol. The maximum absolute atomic E-state index is 12.7. The van der Waals surface area contributed by atoms with Crippen LogP contribution in [0.25, 0.3) is 0 Å². The molecule has 25 heavy (non-hydrogen) atoms. The fraction of sp³-hybridized carbons (Fsp3) is 0.526. The number of amides is 1. The molecule has 0 radical (unpaired) electrons. The van der Waals surface area contributed by atoms with Gasteiger partial charge in [0.1, 0.15) is 5.82 Å². The molecule has 2 aromatic rings. The maximum Gasteiger partial charge on any atom is 0.254 e. The predicted octanol–water partition coefficient (Wildman–Crippen LogP) is 2.85. The summed E-state index contributed by atoms with van der Waals surface area (Å²) in [6, 6.07) is 1.99. The molecule has 1 amide bonds. The average molecular weight is 356 g/mol. The number of carbonyl (C=O) groups excluding carboxylic acids is 1. The van der Waals surface area contributed by atoms with Gasteiger partial charge >= 0.3 is 0 Å². The van der Waals surface area contributed by atoms with Crippen molar-refractivity contribution >= 4 is 17.2 Å². The summed E-state index contributed by atoms with van der Waals surface area (Å²) in [5.41, 5.74) is 3.26. The van der Waals surface area contributed by atoms with Gasteiger partial charge in [-0.15, -0.1) is 11.3 Å². The SMILES string of the molecule is Cc1cc(C(=O)N2CCCC(c3ncc4c(n3)CCN(C)C4)C2)cs1. The van der Waals surface area contributed by atoms with Gasteiger partial charge in [0.25, 0.3) is 5.91 Å². The normalized spacial score (nSPS) is 21.2. The number of rotatable bonds is 2. The van der Waals surface area contributed by atoms with Crippen LogP contribution in [0, 0.1) is 6.92 Å². The van der Waals surface area contributed by atoms with E-state index in [9.17, 15) is 4.79 Å². The first-order chi connectivity index (χ1) is 12.1. The topological polar surface area (TPSA) is 49.3 Å². The molecular weight excluding hydrogens is 332 g/mol. The van der Waals surface area contributed by atoms with Gasteiger partial charge in [0, 0.05) is 66.2 Å². The number of aryl methyl sites for hydroxylation is 1. The molecule has 1 saturated heterocycles. The Kier molecular flexibility index (Phi) is 4.56. The highest BCUT2D eigenvalue weighted by Gasteiger charge is 2.28. The molecule has 1 atom stereocenters. The number of fused-ring (bicyclic) bond motifs is 1. The lowest BCUT2D eigenvalue weighted by molar-refractivity contribution is 0.0705. The summed E-state index contributed by atoms with van der Waals surface area (Å²) in [5, 5.41) is 1.97. The number of piperidine rings is 1. The summed E-state index contributed by atoms with van der Waals surface area (Å²) in [5.74, 6) is 1.32. The van der Waals surface area contributed by atoms with Crippen LogP contribution >= 0.6 is 11.3 Å². The van der Waals surface area contributed by atoms with E-state index in [0.29, 0.717) is 0 Å². The molecule has 2 aliphatic rings. The van der Waals surface area contributed by atoms with Crippen LogP contribution < -0.4 is 0 Å². The van der Waals surface area contributed by atoms with Crippen molar-refractivity contribution in [1.29, 1.82) is 0 Å². The van der Waals surface area contributed by atoms with E-state index < -0.39 is 0 Å². The Hall–Kier alpha value is -1.79. The monoisotopic (exact) mass is 356 g/mol. The van der Waals surface area contributed by atoms with Crippen LogP contribution in [-0.2, 0) is 13.0 Å². The lowest BCUT2D eigenvalue weighted by Gasteiger charge is -2.32. The molecule has 1 unspecified atom stereocenters. The van der Waals surface area contributed by atoms with Gasteiger partial charge in [-0.1, -0.05) is 0 Å². The number of carbonyl (C=O) groups is 1. The lowest BCUT2D eigenvalue weighted by atomic mass is 9.96. The van der Waals surface area contributed by atoms with Crippen LogP contribution in [0.3, 0.4) is 0 Å². The first-order valence-electron chi connectivity index (χ1n) is 8.98. The molecule has 5 nitrogen and oxygen atoms in total. The van der Waals surface area contributed by atoms with Crippen LogP contribution in [0.5, 0.6) is 0 Å². The van der Waals surface area contributed by atoms with Crippen LogP contribution in [0.1, 0.15) is 51.1 Å². The van der Waals surface area contributed by atoms with E-state index >= 15 is 0 Å². The van der Waals surface area contributed by atoms with E-state index in [-0.39, 0.29) is 11.8 Å². The quantitative estimate of drug-likeness (QED) is 0.830. The number of aromatic nitrogens is 2. The van der Waals surface area contributed by atoms with E-state index in [1.54, 1.807) is 11.3 Å². The maximum atomic E-state index is 12.7. The number of nitrogens with zero attached hydrogens (tertiary/aromatic N) is 4. The van der Waals surface area contributed by atoms with Gasteiger partial charge in [-0.05, 0) is 32.9 Å². The third-order valence-corrected chi connectivity index (χ3v) is 6.06. The van der Waals surface area contributed by atoms with Crippen molar-refractivity contribution in [2.75, 3.05) is 26.7 Å². The molecule has 2 aliphatic heterocycles. The third kappa shape index (κ3) is 3.46. The van der Waals surface area contributed by atoms with E-state index in [1.165, 1.54) is 16.1 Å². The summed E-state index contributed by atoms with van der Waals surface area (Å²) in [4.78, 5) is 27.7. The third-order valence-electron chi connectivity index (χ3n) is 5.19. The molecule has 0 aromatic carbocycles. The molecule has 4 heterocycles. The van der Waals surface area contributed by atoms with Gasteiger partial charge in [-0.3, -0.25) is 4.79 Å². The van der Waals surface area contributed by atoms with Crippen molar-refractivity contribution in [3.8, 4) is 0 Å². The number of likely N-dealkylation sites (tertiary alicyclic amines) is 1. The molecule has 0 N–H and O–H groups in total. The Morgan fingerprint density at radius 2 is 2.24 bits per heavy atom. The first kappa shape index (κ1) is 16.7. The molecular formula is C19H24N4OS. The van der Waals surface area contributed by atoms with Gasteiger partial charge in [-0.2, -0.15) is 0 Å². The molecule has 4 rings (SSSR count). The Morgan fingerprint density at radius 1 is 1.36 bits per heavy atom. The zero-order valence-corrected chi connectivity index (χ0v) is 15.7. The van der Waals surface area contributed by atoms with E-state index in [0.717, 1.165) is 56.8 Å². The van der Waals surface area contributed by atoms with Crippen molar-refractivity contribution in [3.63, 3.8) is 0 Å². The Morgan fingerprint density at radius 3 is 3.04 bits per heavy atom. The highest BCUT2D eigenvalue weighted by atomic mass is 32.1. The minimum atomic E-state index is 0.147. The van der Waals surface area contributed by atoms with Crippen molar-refractivity contribution in [1.82, 2.24) is 19.8 Å². The number of hydrogen-bond donors (Lipinski definition) is 0. The molecule has 0 saturated carbocycles. The smallest absolute Gasteiger partial charge is 0.254 e. The lowest BCUT2D eigenvalue weighted by Crippen LogP contribution is -2.39. The Labute approximate surface area is 152 Å². The molecule has 2 aromatic heterocycles. The number of hydrogen-bond acceptors (Lipinski definition) is 5. The van der Waals surface area contributed by atoms with Gasteiger partial charge < -0.3 is 9.80 Å². The fourth-order valence-corrected chi connectivity index (χ4v) is 4.46. The van der Waals surface area contributed by atoms with E-state index in [2.05, 4.69) is 16.9 Å². The van der Waals surface area contributed by atoms with Gasteiger partial charge in [0.15, 0.2) is 0 Å². The van der Waals surface area contributed by atoms with Gasteiger partial charge in [0.2, 0.25) is 0 Å². The molecule has 6 heteroatoms. The average Bonchev–Trinajstić information content (AvgIpc) is 3.07. The van der Waals surface area contributed by atoms with Crippen LogP contribution in [-0.4, -0.2) is 52.4 Å². The molecule has 1 fully saturated rings. The minimum absolute atomic E-state index is 0.147. The second-order valence-corrected chi connectivity index (χ2v) is 8.34. The van der Waals surface area contributed by atoms with Crippen molar-refractivity contribution in [3.05, 3.63) is 45.2 Å². The highest BCUT2D eigenvalue weighted by Crippen LogP contribution is 2.27. The zero-order valence-electron chi connectivity index (χ0n) is 14.9. The molecule has 0 spiro atoms. The zero-order chi connectivity index (χ0) is 17.4. The first-order valence-corrected chi connectivity index (χ1v) is 9.86. The number of likely N-dealkylation sites (N-methyl/N-ethyl adjacent to an activating group) is 1. The minimum Gasteiger partial charge on any atom is -0.338 e. The summed E-state index contributed by atoms with van der Waals surface area (Å²) in [7, 11) is 2.13. The highest BCUT2D eigenvalue weighted by molar-refractivity contribution is 7.10. The molecule has 0 bridgehead atoms. The molecule has 132 valence electrons. The Balaban J connectivity index is 1.50. The fourth-order valence-electron chi connectivity index (χ4n) is 3.78. The summed E-state index contributed by atoms with van der Waals surface area (Å²) < 4.78 is 0. The van der Waals surface area contributed by atoms with Gasteiger partial charge in [-0.25, -0.2) is 9.97 Å². The van der Waals surface area contributed by atoms with Crippen molar-refractivity contribution < 1.29 is 4.79 Å². The van der Waals surface area contributed by atoms with E-state index in [1.807, 2.05) is 29.5 Å². The van der Waals surface area contributed by atoms with Gasteiger partial charge in [0.05, 0.1) is 5.56 Å². The van der Waals surface area contributed by atoms with Crippen LogP contribution in [0.2, 0.25) is 0 Å². The van der Waals surface area contributed by atoms with Crippen LogP contribution in [0.4, 0.5) is 0 Å². The summed E-state index contributed by atoms with van der Waals surface area (Å²) >= 11 is 1.63. The summed E-state index contributed by atoms with van der Waals surface area (Å²) in [6.45, 7) is 5.59. The van der Waals surface area contributed by atoms with E-state index in [4.69, 9.17) is 4.98 Å². The van der Waals surface area contributed by atoms with Crippen molar-refractivity contribution in [2.45, 2.75) is 38.6 Å². The largest absolute Gasteiger partial charge is 0.338 e. The summed E-state index contributed by atoms with van der Waals surface area (Å²) in [6.07, 6.45) is 5.06. The standard InChI is InChI=1S/C19H24N4OS/c1-13-8-15(12-25-13)19(24)23-6-3-4-14(11-23)18-20-9-16-10-22(2)7-5-17(16)21-18/h8-9,12,14H,3-7,10-11H2,1-2H3. The number of thiophene rings is 1. The van der Waals surface area contributed by atoms with Crippen LogP contribution in [0.15, 0.2) is 17.6 Å². The molecule has 0 aliphatic carbocycles. The van der Waals surface area contributed by atoms with Crippen molar-refractivity contribution in [2.24, 2.45) is 0 Å². The second kappa shape index (κ2) is 6.84.